The Labute approximate surface area is 168 Å². The fourth-order valence-corrected chi connectivity index (χ4v) is 3.17. The number of benzene rings is 2. The van der Waals surface area contributed by atoms with Crippen LogP contribution in [0.2, 0.25) is 5.02 Å². The van der Waals surface area contributed by atoms with Gasteiger partial charge in [-0.15, -0.1) is 0 Å². The Hall–Kier alpha value is -2.76. The zero-order valence-electron chi connectivity index (χ0n) is 15.1. The number of para-hydroxylation sites is 1. The summed E-state index contributed by atoms with van der Waals surface area (Å²) in [6.07, 6.45) is 5.16. The van der Waals surface area contributed by atoms with Crippen LogP contribution in [0.5, 0.6) is 5.75 Å². The molecule has 1 heterocycles. The number of carbonyl (C=O) groups is 1. The van der Waals surface area contributed by atoms with Gasteiger partial charge in [0.15, 0.2) is 0 Å². The second kappa shape index (κ2) is 9.44. The first-order valence-electron chi connectivity index (χ1n) is 8.95. The molecule has 0 bridgehead atoms. The Bertz CT molecular complexity index is 890. The molecule has 0 radical (unpaired) electrons. The minimum Gasteiger partial charge on any atom is -0.508 e. The normalized spacial score (nSPS) is 19.2. The van der Waals surface area contributed by atoms with Gasteiger partial charge in [-0.1, -0.05) is 60.2 Å². The number of carboxylic acid groups (broad SMARTS) is 1. The highest BCUT2D eigenvalue weighted by Crippen LogP contribution is 2.42. The fraction of sp³-hybridized carbons (Fsp3) is 0.227. The number of phenolic OH excluding ortho intramolecular Hbond substituents is 1. The summed E-state index contributed by atoms with van der Waals surface area (Å²) in [7, 11) is 0. The highest BCUT2D eigenvalue weighted by Gasteiger charge is 2.30. The van der Waals surface area contributed by atoms with E-state index in [0.717, 1.165) is 5.57 Å². The standard InChI is InChI=1S/C22H21ClO5/c23-18-11-6-4-9-16(18)22-27-14-15(8-2-1-3-13-20(25)26)21(28-22)17-10-5-7-12-19(17)24/h1-2,4-7,9-12,14,21-22,24H,3,8,13H2,(H,25,26)/b2-1-. The van der Waals surface area contributed by atoms with Gasteiger partial charge in [0.25, 0.3) is 0 Å². The topological polar surface area (TPSA) is 76.0 Å². The lowest BCUT2D eigenvalue weighted by atomic mass is 9.97. The van der Waals surface area contributed by atoms with Crippen molar-refractivity contribution in [1.29, 1.82) is 0 Å². The highest BCUT2D eigenvalue weighted by molar-refractivity contribution is 6.31. The average molecular weight is 401 g/mol. The highest BCUT2D eigenvalue weighted by atomic mass is 35.5. The van der Waals surface area contributed by atoms with Crippen molar-refractivity contribution in [1.82, 2.24) is 0 Å². The third kappa shape index (κ3) is 4.94. The minimum atomic E-state index is -0.831. The molecule has 2 aromatic carbocycles. The van der Waals surface area contributed by atoms with E-state index in [2.05, 4.69) is 0 Å². The number of phenols is 1. The molecule has 3 rings (SSSR count). The molecule has 5 nitrogen and oxygen atoms in total. The predicted octanol–water partition coefficient (Wildman–Crippen LogP) is 5.53. The molecular formula is C22H21ClO5. The zero-order valence-corrected chi connectivity index (χ0v) is 15.9. The minimum absolute atomic E-state index is 0.0834. The number of halogens is 1. The molecule has 0 fully saturated rings. The van der Waals surface area contributed by atoms with Crippen molar-refractivity contribution in [3.63, 3.8) is 0 Å². The molecule has 0 amide bonds. The van der Waals surface area contributed by atoms with E-state index in [1.807, 2.05) is 36.4 Å². The lowest BCUT2D eigenvalue weighted by Crippen LogP contribution is -2.19. The molecule has 6 heteroatoms. The molecule has 146 valence electrons. The monoisotopic (exact) mass is 400 g/mol. The van der Waals surface area contributed by atoms with Gasteiger partial charge in [0.1, 0.15) is 11.9 Å². The van der Waals surface area contributed by atoms with E-state index in [1.165, 1.54) is 0 Å². The number of hydrogen-bond donors (Lipinski definition) is 2. The van der Waals surface area contributed by atoms with Crippen molar-refractivity contribution < 1.29 is 24.5 Å². The van der Waals surface area contributed by atoms with Crippen LogP contribution in [0.4, 0.5) is 0 Å². The lowest BCUT2D eigenvalue weighted by molar-refractivity contribution is -0.156. The Balaban J connectivity index is 1.83. The maximum Gasteiger partial charge on any atom is 0.303 e. The molecule has 28 heavy (non-hydrogen) atoms. The number of rotatable bonds is 7. The van der Waals surface area contributed by atoms with Crippen LogP contribution in [0.1, 0.15) is 42.8 Å². The number of carboxylic acids is 1. The lowest BCUT2D eigenvalue weighted by Gasteiger charge is -2.31. The smallest absolute Gasteiger partial charge is 0.303 e. The van der Waals surface area contributed by atoms with Gasteiger partial charge in [-0.3, -0.25) is 4.79 Å². The Kier molecular flexibility index (Phi) is 6.74. The molecule has 0 aromatic heterocycles. The largest absolute Gasteiger partial charge is 0.508 e. The molecule has 2 N–H and O–H groups in total. The summed E-state index contributed by atoms with van der Waals surface area (Å²) >= 11 is 6.27. The SMILES string of the molecule is O=C(O)CC/C=C\CC1=COC(c2ccccc2Cl)OC1c1ccccc1O. The van der Waals surface area contributed by atoms with Crippen LogP contribution in [0.25, 0.3) is 0 Å². The molecule has 1 aliphatic heterocycles. The van der Waals surface area contributed by atoms with Crippen molar-refractivity contribution in [2.75, 3.05) is 0 Å². The predicted molar refractivity (Wildman–Crippen MR) is 106 cm³/mol. The van der Waals surface area contributed by atoms with Crippen molar-refractivity contribution in [3.8, 4) is 5.75 Å². The van der Waals surface area contributed by atoms with Gasteiger partial charge in [0.05, 0.1) is 11.3 Å². The number of allylic oxidation sites excluding steroid dienone is 2. The summed E-state index contributed by atoms with van der Waals surface area (Å²) in [4.78, 5) is 10.6. The molecule has 0 saturated heterocycles. The van der Waals surface area contributed by atoms with Crippen LogP contribution in [-0.4, -0.2) is 16.2 Å². The maximum atomic E-state index is 10.6. The van der Waals surface area contributed by atoms with E-state index in [-0.39, 0.29) is 12.2 Å². The third-order valence-electron chi connectivity index (χ3n) is 4.36. The van der Waals surface area contributed by atoms with Crippen molar-refractivity contribution in [2.45, 2.75) is 31.7 Å². The van der Waals surface area contributed by atoms with Gasteiger partial charge in [0, 0.05) is 23.1 Å². The third-order valence-corrected chi connectivity index (χ3v) is 4.71. The van der Waals surface area contributed by atoms with Crippen LogP contribution in [0.15, 0.2) is 72.5 Å². The first kappa shape index (κ1) is 20.0. The molecule has 1 aliphatic rings. The van der Waals surface area contributed by atoms with E-state index < -0.39 is 18.4 Å². The number of aromatic hydroxyl groups is 1. The molecular weight excluding hydrogens is 380 g/mol. The summed E-state index contributed by atoms with van der Waals surface area (Å²) in [6, 6.07) is 14.3. The van der Waals surface area contributed by atoms with Gasteiger partial charge in [-0.25, -0.2) is 0 Å². The molecule has 0 aliphatic carbocycles. The molecule has 2 aromatic rings. The van der Waals surface area contributed by atoms with Crippen LogP contribution in [0.3, 0.4) is 0 Å². The maximum absolute atomic E-state index is 10.6. The van der Waals surface area contributed by atoms with E-state index in [9.17, 15) is 9.90 Å². The number of hydrogen-bond acceptors (Lipinski definition) is 4. The Morgan fingerprint density at radius 3 is 2.50 bits per heavy atom. The second-order valence-corrected chi connectivity index (χ2v) is 6.77. The molecule has 2 atom stereocenters. The van der Waals surface area contributed by atoms with Crippen LogP contribution < -0.4 is 0 Å². The average Bonchev–Trinajstić information content (AvgIpc) is 2.68. The first-order valence-corrected chi connectivity index (χ1v) is 9.33. The summed E-state index contributed by atoms with van der Waals surface area (Å²) in [5.41, 5.74) is 2.15. The molecule has 2 unspecified atom stereocenters. The van der Waals surface area contributed by atoms with Crippen LogP contribution >= 0.6 is 11.6 Å². The summed E-state index contributed by atoms with van der Waals surface area (Å²) in [5.74, 6) is -0.698. The van der Waals surface area contributed by atoms with E-state index in [1.54, 1.807) is 30.5 Å². The zero-order chi connectivity index (χ0) is 19.9. The number of aliphatic carboxylic acids is 1. The van der Waals surface area contributed by atoms with E-state index in [0.29, 0.717) is 29.0 Å². The Morgan fingerprint density at radius 1 is 1.07 bits per heavy atom. The first-order chi connectivity index (χ1) is 13.6. The fourth-order valence-electron chi connectivity index (χ4n) is 2.95. The van der Waals surface area contributed by atoms with Gasteiger partial charge in [-0.05, 0) is 25.0 Å². The van der Waals surface area contributed by atoms with Crippen molar-refractivity contribution >= 4 is 17.6 Å². The second-order valence-electron chi connectivity index (χ2n) is 6.37. The number of ether oxygens (including phenoxy) is 2. The summed E-state index contributed by atoms with van der Waals surface area (Å²) in [6.45, 7) is 0. The van der Waals surface area contributed by atoms with Crippen LogP contribution in [-0.2, 0) is 14.3 Å². The van der Waals surface area contributed by atoms with E-state index in [4.69, 9.17) is 26.2 Å². The van der Waals surface area contributed by atoms with Gasteiger partial charge in [-0.2, -0.15) is 0 Å². The van der Waals surface area contributed by atoms with Crippen molar-refractivity contribution in [2.24, 2.45) is 0 Å². The molecule has 0 spiro atoms. The summed E-state index contributed by atoms with van der Waals surface area (Å²) < 4.78 is 11.9. The van der Waals surface area contributed by atoms with Gasteiger partial charge < -0.3 is 19.7 Å². The Morgan fingerprint density at radius 2 is 1.79 bits per heavy atom. The quantitative estimate of drug-likeness (QED) is 0.598. The summed E-state index contributed by atoms with van der Waals surface area (Å²) in [5, 5.41) is 19.6. The van der Waals surface area contributed by atoms with Crippen molar-refractivity contribution in [3.05, 3.63) is 88.7 Å². The molecule has 0 saturated carbocycles. The van der Waals surface area contributed by atoms with Gasteiger partial charge in [0.2, 0.25) is 6.29 Å². The van der Waals surface area contributed by atoms with E-state index >= 15 is 0 Å². The van der Waals surface area contributed by atoms with Gasteiger partial charge >= 0.3 is 5.97 Å². The van der Waals surface area contributed by atoms with Crippen LogP contribution in [0, 0.1) is 0 Å².